The fraction of sp³-hybridized carbons (Fsp3) is 0.176. The lowest BCUT2D eigenvalue weighted by Gasteiger charge is -2.16. The van der Waals surface area contributed by atoms with Crippen molar-refractivity contribution >= 4 is 49.9 Å². The summed E-state index contributed by atoms with van der Waals surface area (Å²) in [6, 6.07) is 10.2. The summed E-state index contributed by atoms with van der Waals surface area (Å²) in [5.41, 5.74) is 1.93. The first-order valence-corrected chi connectivity index (χ1v) is 8.45. The van der Waals surface area contributed by atoms with Crippen molar-refractivity contribution < 1.29 is 9.18 Å². The van der Waals surface area contributed by atoms with Gasteiger partial charge in [0.1, 0.15) is 11.3 Å². The standard InChI is InChI=1S/C17H15ClFN3OS/c1-10-6-7-11(18)8-13(10)20-15(23)9-22(2)17-21-16-12(19)4-3-5-14(16)24-17/h3-8H,9H2,1-2H3,(H,20,23). The smallest absolute Gasteiger partial charge is 0.243 e. The molecule has 3 aromatic rings. The first-order chi connectivity index (χ1) is 11.4. The molecule has 1 amide bonds. The highest BCUT2D eigenvalue weighted by Gasteiger charge is 2.14. The Kier molecular flexibility index (Phi) is 4.69. The van der Waals surface area contributed by atoms with Crippen LogP contribution in [-0.2, 0) is 4.79 Å². The summed E-state index contributed by atoms with van der Waals surface area (Å²) >= 11 is 7.30. The fourth-order valence-corrected chi connectivity index (χ4v) is 3.38. The van der Waals surface area contributed by atoms with Crippen LogP contribution in [0.25, 0.3) is 10.2 Å². The molecule has 7 heteroatoms. The minimum atomic E-state index is -0.359. The number of fused-ring (bicyclic) bond motifs is 1. The van der Waals surface area contributed by atoms with Gasteiger partial charge in [0.05, 0.1) is 11.2 Å². The first kappa shape index (κ1) is 16.7. The van der Waals surface area contributed by atoms with E-state index in [-0.39, 0.29) is 18.3 Å². The number of hydrogen-bond donors (Lipinski definition) is 1. The Morgan fingerprint density at radius 2 is 2.17 bits per heavy atom. The van der Waals surface area contributed by atoms with Crippen molar-refractivity contribution in [3.05, 3.63) is 52.8 Å². The molecule has 1 aromatic heterocycles. The molecule has 3 rings (SSSR count). The minimum Gasteiger partial charge on any atom is -0.342 e. The average molecular weight is 364 g/mol. The molecule has 0 bridgehead atoms. The van der Waals surface area contributed by atoms with Crippen LogP contribution < -0.4 is 10.2 Å². The molecule has 0 atom stereocenters. The van der Waals surface area contributed by atoms with Crippen LogP contribution in [-0.4, -0.2) is 24.5 Å². The molecular formula is C17H15ClFN3OS. The number of anilines is 2. The van der Waals surface area contributed by atoms with Crippen molar-refractivity contribution in [2.45, 2.75) is 6.92 Å². The van der Waals surface area contributed by atoms with Gasteiger partial charge in [0.15, 0.2) is 5.13 Å². The number of nitrogens with zero attached hydrogens (tertiary/aromatic N) is 2. The fourth-order valence-electron chi connectivity index (χ4n) is 2.27. The quantitative estimate of drug-likeness (QED) is 0.743. The molecule has 124 valence electrons. The van der Waals surface area contributed by atoms with Gasteiger partial charge >= 0.3 is 0 Å². The summed E-state index contributed by atoms with van der Waals surface area (Å²) in [4.78, 5) is 18.2. The molecule has 4 nitrogen and oxygen atoms in total. The van der Waals surface area contributed by atoms with E-state index >= 15 is 0 Å². The van der Waals surface area contributed by atoms with E-state index in [1.165, 1.54) is 17.4 Å². The predicted molar refractivity (Wildman–Crippen MR) is 97.7 cm³/mol. The van der Waals surface area contributed by atoms with E-state index < -0.39 is 0 Å². The highest BCUT2D eigenvalue weighted by Crippen LogP contribution is 2.29. The minimum absolute atomic E-state index is 0.105. The number of benzene rings is 2. The number of nitrogens with one attached hydrogen (secondary N) is 1. The van der Waals surface area contributed by atoms with E-state index in [1.54, 1.807) is 30.1 Å². The van der Waals surface area contributed by atoms with Crippen LogP contribution in [0, 0.1) is 12.7 Å². The van der Waals surface area contributed by atoms with Gasteiger partial charge in [-0.2, -0.15) is 0 Å². The Hall–Kier alpha value is -2.18. The predicted octanol–water partition coefficient (Wildman–Crippen LogP) is 4.47. The molecule has 0 unspecified atom stereocenters. The summed E-state index contributed by atoms with van der Waals surface area (Å²) in [5.74, 6) is -0.551. The summed E-state index contributed by atoms with van der Waals surface area (Å²) < 4.78 is 14.5. The van der Waals surface area contributed by atoms with Crippen LogP contribution in [0.5, 0.6) is 0 Å². The Bertz CT molecular complexity index is 912. The molecule has 0 spiro atoms. The summed E-state index contributed by atoms with van der Waals surface area (Å²) in [7, 11) is 1.75. The number of thiazole rings is 1. The Labute approximate surface area is 147 Å². The zero-order chi connectivity index (χ0) is 17.3. The number of para-hydroxylation sites is 1. The van der Waals surface area contributed by atoms with Gasteiger partial charge in [0, 0.05) is 17.8 Å². The molecule has 0 fully saturated rings. The maximum Gasteiger partial charge on any atom is 0.243 e. The molecule has 24 heavy (non-hydrogen) atoms. The normalized spacial score (nSPS) is 10.8. The maximum absolute atomic E-state index is 13.7. The summed E-state index contributed by atoms with van der Waals surface area (Å²) in [6.45, 7) is 2.00. The lowest BCUT2D eigenvalue weighted by atomic mass is 10.2. The molecule has 1 N–H and O–H groups in total. The monoisotopic (exact) mass is 363 g/mol. The van der Waals surface area contributed by atoms with Gasteiger partial charge < -0.3 is 10.2 Å². The van der Waals surface area contributed by atoms with Gasteiger partial charge in [-0.3, -0.25) is 4.79 Å². The van der Waals surface area contributed by atoms with Crippen molar-refractivity contribution in [2.24, 2.45) is 0 Å². The maximum atomic E-state index is 13.7. The van der Waals surface area contributed by atoms with Crippen molar-refractivity contribution in [2.75, 3.05) is 23.8 Å². The van der Waals surface area contributed by atoms with Gasteiger partial charge in [0.2, 0.25) is 5.91 Å². The van der Waals surface area contributed by atoms with E-state index in [0.717, 1.165) is 10.3 Å². The van der Waals surface area contributed by atoms with Gasteiger partial charge in [-0.1, -0.05) is 35.1 Å². The lowest BCUT2D eigenvalue weighted by molar-refractivity contribution is -0.114. The van der Waals surface area contributed by atoms with Crippen molar-refractivity contribution in [3.8, 4) is 0 Å². The van der Waals surface area contributed by atoms with E-state index in [2.05, 4.69) is 10.3 Å². The SMILES string of the molecule is Cc1ccc(Cl)cc1NC(=O)CN(C)c1nc2c(F)cccc2s1. The molecule has 0 saturated carbocycles. The van der Waals surface area contributed by atoms with E-state index in [0.29, 0.717) is 21.4 Å². The van der Waals surface area contributed by atoms with Gasteiger partial charge in [-0.15, -0.1) is 0 Å². The van der Waals surface area contributed by atoms with Crippen LogP contribution in [0.3, 0.4) is 0 Å². The first-order valence-electron chi connectivity index (χ1n) is 7.26. The second kappa shape index (κ2) is 6.75. The van der Waals surface area contributed by atoms with Crippen LogP contribution in [0.15, 0.2) is 36.4 Å². The van der Waals surface area contributed by atoms with Crippen molar-refractivity contribution in [1.29, 1.82) is 0 Å². The lowest BCUT2D eigenvalue weighted by Crippen LogP contribution is -2.30. The zero-order valence-corrected chi connectivity index (χ0v) is 14.7. The number of rotatable bonds is 4. The molecular weight excluding hydrogens is 349 g/mol. The molecule has 1 heterocycles. The highest BCUT2D eigenvalue weighted by atomic mass is 35.5. The van der Waals surface area contributed by atoms with Gasteiger partial charge in [0.25, 0.3) is 0 Å². The van der Waals surface area contributed by atoms with E-state index in [9.17, 15) is 9.18 Å². The number of hydrogen-bond acceptors (Lipinski definition) is 4. The third-order valence-electron chi connectivity index (χ3n) is 3.54. The van der Waals surface area contributed by atoms with Crippen molar-refractivity contribution in [1.82, 2.24) is 4.98 Å². The Morgan fingerprint density at radius 1 is 1.38 bits per heavy atom. The third kappa shape index (κ3) is 3.49. The highest BCUT2D eigenvalue weighted by molar-refractivity contribution is 7.22. The number of likely N-dealkylation sites (N-methyl/N-ethyl adjacent to an activating group) is 1. The van der Waals surface area contributed by atoms with Gasteiger partial charge in [-0.25, -0.2) is 9.37 Å². The van der Waals surface area contributed by atoms with Crippen LogP contribution >= 0.6 is 22.9 Å². The second-order valence-electron chi connectivity index (χ2n) is 5.45. The number of carbonyl (C=O) groups excluding carboxylic acids is 1. The Balaban J connectivity index is 1.73. The number of carbonyl (C=O) groups is 1. The molecule has 0 aliphatic carbocycles. The molecule has 0 aliphatic rings. The largest absolute Gasteiger partial charge is 0.342 e. The molecule has 0 aliphatic heterocycles. The number of aromatic nitrogens is 1. The summed E-state index contributed by atoms with van der Waals surface area (Å²) in [6.07, 6.45) is 0. The molecule has 0 radical (unpaired) electrons. The van der Waals surface area contributed by atoms with Gasteiger partial charge in [-0.05, 0) is 36.8 Å². The number of aryl methyl sites for hydroxylation is 1. The van der Waals surface area contributed by atoms with Crippen LogP contribution in [0.4, 0.5) is 15.2 Å². The van der Waals surface area contributed by atoms with E-state index in [4.69, 9.17) is 11.6 Å². The number of amides is 1. The van der Waals surface area contributed by atoms with Crippen LogP contribution in [0.2, 0.25) is 5.02 Å². The second-order valence-corrected chi connectivity index (χ2v) is 6.89. The average Bonchev–Trinajstić information content (AvgIpc) is 2.96. The summed E-state index contributed by atoms with van der Waals surface area (Å²) in [5, 5.41) is 3.99. The molecule has 0 saturated heterocycles. The van der Waals surface area contributed by atoms with Crippen LogP contribution in [0.1, 0.15) is 5.56 Å². The zero-order valence-electron chi connectivity index (χ0n) is 13.1. The Morgan fingerprint density at radius 3 is 2.92 bits per heavy atom. The molecule has 2 aromatic carbocycles. The number of halogens is 2. The topological polar surface area (TPSA) is 45.2 Å². The van der Waals surface area contributed by atoms with E-state index in [1.807, 2.05) is 19.1 Å². The third-order valence-corrected chi connectivity index (χ3v) is 4.91. The van der Waals surface area contributed by atoms with Crippen molar-refractivity contribution in [3.63, 3.8) is 0 Å².